The van der Waals surface area contributed by atoms with Gasteiger partial charge in [0, 0.05) is 12.0 Å². The number of hydrogen-bond donors (Lipinski definition) is 3. The van der Waals surface area contributed by atoms with E-state index in [2.05, 4.69) is 19.2 Å². The summed E-state index contributed by atoms with van der Waals surface area (Å²) in [5, 5.41) is 17.5. The van der Waals surface area contributed by atoms with E-state index in [-0.39, 0.29) is 13.0 Å². The molecular formula is C24H36N2O6SSi. The summed E-state index contributed by atoms with van der Waals surface area (Å²) in [7, 11) is -7.12. The smallest absolute Gasteiger partial charge is 0.405 e. The van der Waals surface area contributed by atoms with Gasteiger partial charge < -0.3 is 19.9 Å². The van der Waals surface area contributed by atoms with Crippen LogP contribution >= 0.6 is 0 Å². The number of hydrogen-bond acceptors (Lipinski definition) is 5. The molecule has 0 bridgehead atoms. The van der Waals surface area contributed by atoms with Crippen LogP contribution < -0.4 is 19.9 Å². The van der Waals surface area contributed by atoms with Crippen LogP contribution in [0.3, 0.4) is 0 Å². The number of carbonyl (C=O) groups is 1. The topological polar surface area (TPSA) is 128 Å². The first-order valence-electron chi connectivity index (χ1n) is 11.2. The molecule has 1 unspecified atom stereocenters. The highest BCUT2D eigenvalue weighted by atomic mass is 32.2. The quantitative estimate of drug-likeness (QED) is 0.365. The fourth-order valence-corrected chi connectivity index (χ4v) is 8.81. The Bertz CT molecular complexity index is 1070. The van der Waals surface area contributed by atoms with Crippen LogP contribution in [-0.2, 0) is 23.1 Å². The van der Waals surface area contributed by atoms with E-state index < -0.39 is 28.7 Å². The minimum atomic E-state index is -4.33. The van der Waals surface area contributed by atoms with Gasteiger partial charge in [-0.3, -0.25) is 0 Å². The van der Waals surface area contributed by atoms with E-state index in [9.17, 15) is 18.3 Å². The Labute approximate surface area is 203 Å². The maximum Gasteiger partial charge on any atom is 0.405 e. The van der Waals surface area contributed by atoms with E-state index in [1.54, 1.807) is 37.8 Å². The molecule has 4 N–H and O–H groups in total. The summed E-state index contributed by atoms with van der Waals surface area (Å²) in [4.78, 5) is 11.7. The predicted molar refractivity (Wildman–Crippen MR) is 136 cm³/mol. The zero-order valence-corrected chi connectivity index (χ0v) is 22.3. The number of ether oxygens (including phenoxy) is 2. The highest BCUT2D eigenvalue weighted by Crippen LogP contribution is 2.35. The van der Waals surface area contributed by atoms with Gasteiger partial charge in [0.15, 0.2) is 0 Å². The molecule has 10 heteroatoms. The van der Waals surface area contributed by atoms with Crippen molar-refractivity contribution in [2.45, 2.75) is 57.4 Å². The molecule has 1 amide bonds. The second-order valence-electron chi connectivity index (χ2n) is 9.80. The van der Waals surface area contributed by atoms with Crippen molar-refractivity contribution in [3.8, 4) is 11.5 Å². The van der Waals surface area contributed by atoms with E-state index in [0.717, 1.165) is 12.0 Å². The molecule has 0 aliphatic heterocycles. The van der Waals surface area contributed by atoms with Crippen molar-refractivity contribution < 1.29 is 27.8 Å². The van der Waals surface area contributed by atoms with Gasteiger partial charge in [0.1, 0.15) is 22.6 Å². The maximum absolute atomic E-state index is 12.9. The number of rotatable bonds is 12. The third-order valence-corrected chi connectivity index (χ3v) is 12.3. The van der Waals surface area contributed by atoms with Crippen LogP contribution in [-0.4, -0.2) is 38.8 Å². The van der Waals surface area contributed by atoms with Crippen molar-refractivity contribution in [1.82, 2.24) is 5.32 Å². The number of amides is 1. The van der Waals surface area contributed by atoms with Crippen molar-refractivity contribution in [3.63, 3.8) is 0 Å². The molecule has 0 fully saturated rings. The third kappa shape index (κ3) is 7.22. The number of nitrogens with two attached hydrogens (primary N) is 1. The van der Waals surface area contributed by atoms with Crippen LogP contribution in [0, 0.1) is 5.92 Å². The van der Waals surface area contributed by atoms with Crippen LogP contribution in [0.25, 0.3) is 0 Å². The second kappa shape index (κ2) is 11.2. The maximum atomic E-state index is 12.9. The second-order valence-corrected chi connectivity index (χ2v) is 17.3. The number of nitrogens with one attached hydrogen (secondary N) is 1. The molecule has 0 aromatic heterocycles. The Balaban J connectivity index is 2.51. The van der Waals surface area contributed by atoms with Gasteiger partial charge in [-0.2, -0.15) is 0 Å². The Morgan fingerprint density at radius 2 is 1.76 bits per heavy atom. The molecule has 2 rings (SSSR count). The summed E-state index contributed by atoms with van der Waals surface area (Å²) >= 11 is 0. The zero-order valence-electron chi connectivity index (χ0n) is 20.5. The number of sulfonamides is 1. The Morgan fingerprint density at radius 1 is 1.12 bits per heavy atom. The van der Waals surface area contributed by atoms with Crippen molar-refractivity contribution >= 4 is 24.2 Å². The summed E-state index contributed by atoms with van der Waals surface area (Å²) in [6.45, 7) is 10.3. The van der Waals surface area contributed by atoms with Crippen LogP contribution in [0.15, 0.2) is 48.5 Å². The van der Waals surface area contributed by atoms with Gasteiger partial charge in [-0.25, -0.2) is 18.4 Å². The highest BCUT2D eigenvalue weighted by Gasteiger charge is 2.54. The van der Waals surface area contributed by atoms with E-state index >= 15 is 0 Å². The predicted octanol–water partition coefficient (Wildman–Crippen LogP) is 4.36. The fraction of sp³-hybridized carbons (Fsp3) is 0.458. The molecule has 188 valence electrons. The van der Waals surface area contributed by atoms with Crippen molar-refractivity contribution in [2.75, 3.05) is 6.61 Å². The lowest BCUT2D eigenvalue weighted by molar-refractivity contribution is 0.190. The Kier molecular flexibility index (Phi) is 9.15. The lowest BCUT2D eigenvalue weighted by Gasteiger charge is -2.41. The molecule has 1 atom stereocenters. The SMILES string of the molecule is CC(C)CCOc1ccc(OCc2ccccc2)c(CC(NC(=O)O)([Si](C)(C)C)S(N)(=O)=O)c1. The highest BCUT2D eigenvalue weighted by molar-refractivity contribution is 7.92. The first kappa shape index (κ1) is 27.7. The monoisotopic (exact) mass is 508 g/mol. The molecule has 0 heterocycles. The Hall–Kier alpha value is -2.56. The van der Waals surface area contributed by atoms with Crippen molar-refractivity contribution in [3.05, 3.63) is 59.7 Å². The lowest BCUT2D eigenvalue weighted by Crippen LogP contribution is -2.70. The average molecular weight is 509 g/mol. The number of primary sulfonamides is 1. The van der Waals surface area contributed by atoms with E-state index in [4.69, 9.17) is 14.6 Å². The normalized spacial score (nSPS) is 13.9. The molecule has 0 aliphatic rings. The average Bonchev–Trinajstić information content (AvgIpc) is 2.71. The van der Waals surface area contributed by atoms with E-state index in [0.29, 0.717) is 29.6 Å². The third-order valence-electron chi connectivity index (χ3n) is 5.68. The summed E-state index contributed by atoms with van der Waals surface area (Å²) in [5.74, 6) is 1.46. The van der Waals surface area contributed by atoms with Gasteiger partial charge >= 0.3 is 6.09 Å². The van der Waals surface area contributed by atoms with Gasteiger partial charge in [-0.05, 0) is 36.1 Å². The standard InChI is InChI=1S/C24H36N2O6SSi/c1-18(2)13-14-31-21-11-12-22(32-17-19-9-7-6-8-10-19)20(15-21)16-24(26-23(27)28,33(25,29)30)34(3,4)5/h6-12,15,18,26H,13-14,16-17H2,1-5H3,(H,27,28)(H2,25,29,30). The molecule has 0 aliphatic carbocycles. The largest absolute Gasteiger partial charge is 0.494 e. The summed E-state index contributed by atoms with van der Waals surface area (Å²) in [6.07, 6.45) is -0.773. The number of benzene rings is 2. The fourth-order valence-electron chi connectivity index (χ4n) is 3.61. The molecule has 2 aromatic carbocycles. The first-order chi connectivity index (χ1) is 15.7. The molecular weight excluding hydrogens is 472 g/mol. The van der Waals surface area contributed by atoms with Crippen LogP contribution in [0.4, 0.5) is 4.79 Å². The van der Waals surface area contributed by atoms with Crippen LogP contribution in [0.1, 0.15) is 31.4 Å². The van der Waals surface area contributed by atoms with Gasteiger partial charge in [-0.1, -0.05) is 63.8 Å². The van der Waals surface area contributed by atoms with Crippen LogP contribution in [0.2, 0.25) is 19.6 Å². The molecule has 8 nitrogen and oxygen atoms in total. The van der Waals surface area contributed by atoms with Gasteiger partial charge in [0.25, 0.3) is 0 Å². The molecule has 34 heavy (non-hydrogen) atoms. The molecule has 0 radical (unpaired) electrons. The first-order valence-corrected chi connectivity index (χ1v) is 16.3. The molecule has 0 saturated carbocycles. The van der Waals surface area contributed by atoms with Gasteiger partial charge in [-0.15, -0.1) is 0 Å². The summed E-state index contributed by atoms with van der Waals surface area (Å²) < 4.78 is 35.8. The molecule has 2 aromatic rings. The minimum Gasteiger partial charge on any atom is -0.494 e. The van der Waals surface area contributed by atoms with E-state index in [1.807, 2.05) is 30.3 Å². The van der Waals surface area contributed by atoms with Gasteiger partial charge in [0.2, 0.25) is 10.0 Å². The zero-order chi connectivity index (χ0) is 25.6. The van der Waals surface area contributed by atoms with Gasteiger partial charge in [0.05, 0.1) is 14.7 Å². The van der Waals surface area contributed by atoms with Crippen molar-refractivity contribution in [1.29, 1.82) is 0 Å². The summed E-state index contributed by atoms with van der Waals surface area (Å²) in [5.41, 5.74) is 1.44. The number of carboxylic acid groups (broad SMARTS) is 1. The van der Waals surface area contributed by atoms with Crippen molar-refractivity contribution in [2.24, 2.45) is 11.1 Å². The Morgan fingerprint density at radius 3 is 2.29 bits per heavy atom. The molecule has 0 saturated heterocycles. The summed E-state index contributed by atoms with van der Waals surface area (Å²) in [6, 6.07) is 14.8. The van der Waals surface area contributed by atoms with E-state index in [1.165, 1.54) is 0 Å². The minimum absolute atomic E-state index is 0.181. The van der Waals surface area contributed by atoms with Crippen LogP contribution in [0.5, 0.6) is 11.5 Å². The molecule has 0 spiro atoms. The lowest BCUT2D eigenvalue weighted by atomic mass is 10.1.